The van der Waals surface area contributed by atoms with Gasteiger partial charge < -0.3 is 11.1 Å². The van der Waals surface area contributed by atoms with Gasteiger partial charge in [0.2, 0.25) is 5.91 Å². The van der Waals surface area contributed by atoms with Crippen molar-refractivity contribution in [2.45, 2.75) is 12.3 Å². The predicted octanol–water partition coefficient (Wildman–Crippen LogP) is 1.56. The minimum Gasteiger partial charge on any atom is -0.355 e. The van der Waals surface area contributed by atoms with Crippen LogP contribution in [0.15, 0.2) is 18.2 Å². The van der Waals surface area contributed by atoms with Gasteiger partial charge in [-0.25, -0.2) is 8.78 Å². The van der Waals surface area contributed by atoms with Crippen LogP contribution in [0.3, 0.4) is 0 Å². The van der Waals surface area contributed by atoms with Crippen LogP contribution in [0.5, 0.6) is 0 Å². The van der Waals surface area contributed by atoms with Crippen LogP contribution < -0.4 is 11.1 Å². The maximum atomic E-state index is 13.0. The van der Waals surface area contributed by atoms with Crippen molar-refractivity contribution in [2.75, 3.05) is 13.1 Å². The smallest absolute Gasteiger partial charge is 0.223 e. The summed E-state index contributed by atoms with van der Waals surface area (Å²) >= 11 is 0. The van der Waals surface area contributed by atoms with E-state index in [1.54, 1.807) is 0 Å². The largest absolute Gasteiger partial charge is 0.355 e. The fraction of sp³-hybridized carbons (Fsp3) is 0.417. The number of nitrogens with two attached hydrogens (primary N) is 1. The minimum absolute atomic E-state index is 0. The van der Waals surface area contributed by atoms with Crippen molar-refractivity contribution in [3.8, 4) is 0 Å². The summed E-state index contributed by atoms with van der Waals surface area (Å²) in [6.07, 6.45) is 0.682. The Bertz CT molecular complexity index is 442. The van der Waals surface area contributed by atoms with Gasteiger partial charge in [0.15, 0.2) is 11.6 Å². The van der Waals surface area contributed by atoms with Crippen molar-refractivity contribution in [2.24, 2.45) is 11.7 Å². The van der Waals surface area contributed by atoms with E-state index in [0.717, 1.165) is 12.1 Å². The lowest BCUT2D eigenvalue weighted by Gasteiger charge is -2.03. The van der Waals surface area contributed by atoms with Gasteiger partial charge in [0.05, 0.1) is 0 Å². The minimum atomic E-state index is -0.865. The molecule has 1 aromatic rings. The van der Waals surface area contributed by atoms with Gasteiger partial charge in [0.1, 0.15) is 0 Å². The number of hydrogen-bond acceptors (Lipinski definition) is 2. The Balaban J connectivity index is 0.00000162. The molecule has 2 atom stereocenters. The highest BCUT2D eigenvalue weighted by atomic mass is 35.5. The first-order chi connectivity index (χ1) is 8.13. The zero-order valence-electron chi connectivity index (χ0n) is 9.66. The predicted molar refractivity (Wildman–Crippen MR) is 66.5 cm³/mol. The van der Waals surface area contributed by atoms with E-state index in [1.165, 1.54) is 6.07 Å². The highest BCUT2D eigenvalue weighted by molar-refractivity contribution is 5.85. The van der Waals surface area contributed by atoms with Gasteiger partial charge in [0, 0.05) is 19.0 Å². The normalized spacial score (nSPS) is 21.1. The quantitative estimate of drug-likeness (QED) is 0.877. The lowest BCUT2D eigenvalue weighted by Crippen LogP contribution is -2.30. The molecule has 1 aliphatic rings. The molecule has 0 aliphatic heterocycles. The molecular weight excluding hydrogens is 262 g/mol. The number of carbonyl (C=O) groups excluding carboxylic acids is 1. The third-order valence-electron chi connectivity index (χ3n) is 2.94. The van der Waals surface area contributed by atoms with Crippen LogP contribution >= 0.6 is 12.4 Å². The fourth-order valence-corrected chi connectivity index (χ4v) is 1.92. The standard InChI is InChI=1S/C12H14F2N2O.ClH/c13-10-2-1-7(5-11(10)14)8-6-9(8)12(17)16-4-3-15;/h1-2,5,8-9H,3-4,6,15H2,(H,16,17);1H. The molecule has 18 heavy (non-hydrogen) atoms. The Morgan fingerprint density at radius 1 is 1.39 bits per heavy atom. The van der Waals surface area contributed by atoms with Crippen LogP contribution in [-0.4, -0.2) is 19.0 Å². The molecule has 2 unspecified atom stereocenters. The summed E-state index contributed by atoms with van der Waals surface area (Å²) in [5.74, 6) is -1.92. The first kappa shape index (κ1) is 14.9. The molecular formula is C12H15ClF2N2O. The molecule has 2 rings (SSSR count). The SMILES string of the molecule is Cl.NCCNC(=O)C1CC1c1ccc(F)c(F)c1. The average molecular weight is 277 g/mol. The van der Waals surface area contributed by atoms with Gasteiger partial charge in [-0.15, -0.1) is 12.4 Å². The number of halogens is 3. The third kappa shape index (κ3) is 3.17. The number of benzene rings is 1. The first-order valence-electron chi connectivity index (χ1n) is 5.56. The van der Waals surface area contributed by atoms with Crippen LogP contribution in [-0.2, 0) is 4.79 Å². The van der Waals surface area contributed by atoms with Crippen molar-refractivity contribution < 1.29 is 13.6 Å². The number of carbonyl (C=O) groups is 1. The summed E-state index contributed by atoms with van der Waals surface area (Å²) in [4.78, 5) is 11.6. The van der Waals surface area contributed by atoms with E-state index in [2.05, 4.69) is 5.32 Å². The Morgan fingerprint density at radius 2 is 2.11 bits per heavy atom. The molecule has 0 aromatic heterocycles. The molecule has 0 bridgehead atoms. The van der Waals surface area contributed by atoms with Crippen LogP contribution in [0.4, 0.5) is 8.78 Å². The molecule has 1 amide bonds. The van der Waals surface area contributed by atoms with Crippen molar-refractivity contribution >= 4 is 18.3 Å². The Morgan fingerprint density at radius 3 is 2.72 bits per heavy atom. The van der Waals surface area contributed by atoms with Crippen LogP contribution in [0.25, 0.3) is 0 Å². The molecule has 1 fully saturated rings. The second kappa shape index (κ2) is 6.11. The molecule has 1 saturated carbocycles. The summed E-state index contributed by atoms with van der Waals surface area (Å²) < 4.78 is 25.7. The maximum absolute atomic E-state index is 13.0. The number of amides is 1. The average Bonchev–Trinajstić information content (AvgIpc) is 3.09. The third-order valence-corrected chi connectivity index (χ3v) is 2.94. The van der Waals surface area contributed by atoms with Gasteiger partial charge >= 0.3 is 0 Å². The fourth-order valence-electron chi connectivity index (χ4n) is 1.92. The molecule has 6 heteroatoms. The lowest BCUT2D eigenvalue weighted by atomic mass is 10.1. The lowest BCUT2D eigenvalue weighted by molar-refractivity contribution is -0.122. The van der Waals surface area contributed by atoms with E-state index in [-0.39, 0.29) is 30.2 Å². The van der Waals surface area contributed by atoms with Gasteiger partial charge in [-0.1, -0.05) is 6.07 Å². The molecule has 0 saturated heterocycles. The second-order valence-corrected chi connectivity index (χ2v) is 4.20. The molecule has 3 nitrogen and oxygen atoms in total. The summed E-state index contributed by atoms with van der Waals surface area (Å²) in [6.45, 7) is 0.841. The van der Waals surface area contributed by atoms with E-state index in [1.807, 2.05) is 0 Å². The first-order valence-corrected chi connectivity index (χ1v) is 5.56. The van der Waals surface area contributed by atoms with E-state index >= 15 is 0 Å². The second-order valence-electron chi connectivity index (χ2n) is 4.20. The van der Waals surface area contributed by atoms with E-state index in [0.29, 0.717) is 25.1 Å². The molecule has 0 heterocycles. The monoisotopic (exact) mass is 276 g/mol. The highest BCUT2D eigenvalue weighted by Gasteiger charge is 2.43. The van der Waals surface area contributed by atoms with Gasteiger partial charge in [-0.3, -0.25) is 4.79 Å². The summed E-state index contributed by atoms with van der Waals surface area (Å²) in [7, 11) is 0. The zero-order chi connectivity index (χ0) is 12.4. The topological polar surface area (TPSA) is 55.1 Å². The van der Waals surface area contributed by atoms with Gasteiger partial charge in [-0.05, 0) is 30.0 Å². The van der Waals surface area contributed by atoms with E-state index in [4.69, 9.17) is 5.73 Å². The van der Waals surface area contributed by atoms with Crippen molar-refractivity contribution in [1.82, 2.24) is 5.32 Å². The number of nitrogens with one attached hydrogen (secondary N) is 1. The Labute approximate surface area is 110 Å². The van der Waals surface area contributed by atoms with Crippen LogP contribution in [0.1, 0.15) is 17.9 Å². The number of hydrogen-bond donors (Lipinski definition) is 2. The summed E-state index contributed by atoms with van der Waals surface area (Å²) in [6, 6.07) is 3.79. The molecule has 0 radical (unpaired) electrons. The molecule has 100 valence electrons. The molecule has 0 spiro atoms. The van der Waals surface area contributed by atoms with Crippen LogP contribution in [0, 0.1) is 17.6 Å². The highest BCUT2D eigenvalue weighted by Crippen LogP contribution is 2.47. The van der Waals surface area contributed by atoms with Gasteiger partial charge in [0.25, 0.3) is 0 Å². The van der Waals surface area contributed by atoms with E-state index in [9.17, 15) is 13.6 Å². The van der Waals surface area contributed by atoms with Gasteiger partial charge in [-0.2, -0.15) is 0 Å². The molecule has 1 aromatic carbocycles. The summed E-state index contributed by atoms with van der Waals surface area (Å²) in [5.41, 5.74) is 5.95. The van der Waals surface area contributed by atoms with E-state index < -0.39 is 11.6 Å². The molecule has 3 N–H and O–H groups in total. The molecule has 1 aliphatic carbocycles. The van der Waals surface area contributed by atoms with Crippen molar-refractivity contribution in [1.29, 1.82) is 0 Å². The van der Waals surface area contributed by atoms with Crippen molar-refractivity contribution in [3.05, 3.63) is 35.4 Å². The summed E-state index contributed by atoms with van der Waals surface area (Å²) in [5, 5.41) is 2.69. The Kier molecular flexibility index (Phi) is 5.04. The Hall–Kier alpha value is -1.20. The van der Waals surface area contributed by atoms with Crippen LogP contribution in [0.2, 0.25) is 0 Å². The maximum Gasteiger partial charge on any atom is 0.223 e. The number of rotatable bonds is 4. The zero-order valence-corrected chi connectivity index (χ0v) is 10.5. The van der Waals surface area contributed by atoms with Crippen molar-refractivity contribution in [3.63, 3.8) is 0 Å².